The van der Waals surface area contributed by atoms with E-state index in [1.807, 2.05) is 31.2 Å². The van der Waals surface area contributed by atoms with Gasteiger partial charge >= 0.3 is 5.97 Å². The van der Waals surface area contributed by atoms with Crippen molar-refractivity contribution < 1.29 is 15.0 Å². The van der Waals surface area contributed by atoms with Crippen molar-refractivity contribution in [3.05, 3.63) is 35.4 Å². The summed E-state index contributed by atoms with van der Waals surface area (Å²) in [4.78, 5) is 10.8. The smallest absolute Gasteiger partial charge is 0.305 e. The molecule has 0 aliphatic rings. The summed E-state index contributed by atoms with van der Waals surface area (Å²) in [7, 11) is 0. The van der Waals surface area contributed by atoms with Crippen molar-refractivity contribution in [3.63, 3.8) is 0 Å². The number of aryl methyl sites for hydroxylation is 1. The van der Waals surface area contributed by atoms with Crippen molar-refractivity contribution in [2.75, 3.05) is 6.54 Å². The van der Waals surface area contributed by atoms with Crippen molar-refractivity contribution >= 4 is 5.97 Å². The highest BCUT2D eigenvalue weighted by molar-refractivity contribution is 5.67. The number of rotatable bonds is 7. The minimum absolute atomic E-state index is 0.0927. The van der Waals surface area contributed by atoms with E-state index in [4.69, 9.17) is 5.11 Å². The molecule has 0 spiro atoms. The number of carbonyl (C=O) groups is 1. The largest absolute Gasteiger partial charge is 0.481 e. The van der Waals surface area contributed by atoms with Crippen LogP contribution in [0.4, 0.5) is 0 Å². The minimum Gasteiger partial charge on any atom is -0.481 e. The summed E-state index contributed by atoms with van der Waals surface area (Å²) in [6, 6.07) is 7.18. The summed E-state index contributed by atoms with van der Waals surface area (Å²) in [5, 5.41) is 22.0. The number of likely N-dealkylation sites (N-methyl/N-ethyl adjacent to an activating group) is 1. The predicted molar refractivity (Wildman–Crippen MR) is 70.5 cm³/mol. The lowest BCUT2D eigenvalue weighted by Crippen LogP contribution is -2.36. The summed E-state index contributed by atoms with van der Waals surface area (Å²) in [6.07, 6.45) is 0.0547. The first kappa shape index (κ1) is 14.7. The molecule has 18 heavy (non-hydrogen) atoms. The Balaban J connectivity index is 2.79. The second-order valence-electron chi connectivity index (χ2n) is 4.30. The fraction of sp³-hybridized carbons (Fsp3) is 0.500. The SMILES string of the molecule is CCNC(CC(=O)O)C(O)c1ccc(CC)cc1. The summed E-state index contributed by atoms with van der Waals surface area (Å²) in [5.41, 5.74) is 1.95. The minimum atomic E-state index is -0.912. The Morgan fingerprint density at radius 2 is 1.89 bits per heavy atom. The van der Waals surface area contributed by atoms with Crippen LogP contribution < -0.4 is 5.32 Å². The van der Waals surface area contributed by atoms with E-state index in [1.54, 1.807) is 0 Å². The van der Waals surface area contributed by atoms with Crippen LogP contribution >= 0.6 is 0 Å². The first-order valence-corrected chi connectivity index (χ1v) is 6.30. The predicted octanol–water partition coefficient (Wildman–Crippen LogP) is 1.74. The molecule has 0 radical (unpaired) electrons. The van der Waals surface area contributed by atoms with E-state index < -0.39 is 18.1 Å². The molecule has 0 saturated carbocycles. The van der Waals surface area contributed by atoms with Gasteiger partial charge in [-0.1, -0.05) is 38.1 Å². The third-order valence-corrected chi connectivity index (χ3v) is 2.97. The first-order valence-electron chi connectivity index (χ1n) is 6.30. The number of hydrogen-bond acceptors (Lipinski definition) is 3. The van der Waals surface area contributed by atoms with Crippen LogP contribution in [0.15, 0.2) is 24.3 Å². The number of carboxylic acid groups (broad SMARTS) is 1. The Labute approximate surface area is 108 Å². The highest BCUT2D eigenvalue weighted by atomic mass is 16.4. The molecule has 4 heteroatoms. The van der Waals surface area contributed by atoms with Gasteiger partial charge in [-0.15, -0.1) is 0 Å². The number of carboxylic acids is 1. The fourth-order valence-electron chi connectivity index (χ4n) is 1.93. The Morgan fingerprint density at radius 1 is 1.28 bits per heavy atom. The molecule has 0 heterocycles. The molecule has 0 aliphatic heterocycles. The molecule has 0 aromatic heterocycles. The molecule has 0 bridgehead atoms. The maximum Gasteiger partial charge on any atom is 0.305 e. The molecule has 1 rings (SSSR count). The Hall–Kier alpha value is -1.39. The van der Waals surface area contributed by atoms with Gasteiger partial charge in [0.25, 0.3) is 0 Å². The van der Waals surface area contributed by atoms with Crippen LogP contribution in [0.5, 0.6) is 0 Å². The van der Waals surface area contributed by atoms with Gasteiger partial charge in [0, 0.05) is 6.04 Å². The molecule has 0 amide bonds. The number of aliphatic carboxylic acids is 1. The summed E-state index contributed by atoms with van der Waals surface area (Å²) in [5.74, 6) is -0.912. The van der Waals surface area contributed by atoms with Crippen LogP contribution in [-0.4, -0.2) is 28.8 Å². The van der Waals surface area contributed by atoms with E-state index in [9.17, 15) is 9.90 Å². The van der Waals surface area contributed by atoms with Gasteiger partial charge in [0.1, 0.15) is 0 Å². The second kappa shape index (κ2) is 7.13. The molecule has 0 fully saturated rings. The highest BCUT2D eigenvalue weighted by Crippen LogP contribution is 2.19. The van der Waals surface area contributed by atoms with E-state index in [-0.39, 0.29) is 6.42 Å². The van der Waals surface area contributed by atoms with Crippen molar-refractivity contribution in [2.45, 2.75) is 38.8 Å². The van der Waals surface area contributed by atoms with Gasteiger partial charge in [-0.3, -0.25) is 4.79 Å². The Morgan fingerprint density at radius 3 is 2.33 bits per heavy atom. The number of hydrogen-bond donors (Lipinski definition) is 3. The van der Waals surface area contributed by atoms with Crippen molar-refractivity contribution in [2.24, 2.45) is 0 Å². The van der Waals surface area contributed by atoms with Crippen LogP contribution in [0.2, 0.25) is 0 Å². The molecule has 4 nitrogen and oxygen atoms in total. The average molecular weight is 251 g/mol. The zero-order chi connectivity index (χ0) is 13.5. The molecule has 0 saturated heterocycles. The van der Waals surface area contributed by atoms with E-state index in [2.05, 4.69) is 12.2 Å². The quantitative estimate of drug-likeness (QED) is 0.690. The maximum absolute atomic E-state index is 10.8. The van der Waals surface area contributed by atoms with Gasteiger partial charge in [0.05, 0.1) is 12.5 Å². The number of benzene rings is 1. The van der Waals surface area contributed by atoms with E-state index in [0.717, 1.165) is 12.0 Å². The van der Waals surface area contributed by atoms with Crippen LogP contribution in [0.1, 0.15) is 37.5 Å². The van der Waals surface area contributed by atoms with Crippen LogP contribution in [0.3, 0.4) is 0 Å². The van der Waals surface area contributed by atoms with E-state index in [1.165, 1.54) is 5.56 Å². The maximum atomic E-state index is 10.8. The highest BCUT2D eigenvalue weighted by Gasteiger charge is 2.22. The number of aliphatic hydroxyl groups is 1. The molecule has 2 atom stereocenters. The van der Waals surface area contributed by atoms with E-state index >= 15 is 0 Å². The van der Waals surface area contributed by atoms with Gasteiger partial charge in [0.15, 0.2) is 0 Å². The van der Waals surface area contributed by atoms with Crippen LogP contribution in [-0.2, 0) is 11.2 Å². The van der Waals surface area contributed by atoms with Crippen LogP contribution in [0, 0.1) is 0 Å². The number of aliphatic hydroxyl groups excluding tert-OH is 1. The van der Waals surface area contributed by atoms with Crippen molar-refractivity contribution in [3.8, 4) is 0 Å². The topological polar surface area (TPSA) is 69.6 Å². The van der Waals surface area contributed by atoms with Gasteiger partial charge in [0.2, 0.25) is 0 Å². The van der Waals surface area contributed by atoms with Gasteiger partial charge in [-0.2, -0.15) is 0 Å². The van der Waals surface area contributed by atoms with E-state index in [0.29, 0.717) is 6.54 Å². The van der Waals surface area contributed by atoms with Crippen LogP contribution in [0.25, 0.3) is 0 Å². The standard InChI is InChI=1S/C14H21NO3/c1-3-10-5-7-11(8-6-10)14(18)12(15-4-2)9-13(16)17/h5-8,12,14-15,18H,3-4,9H2,1-2H3,(H,16,17). The third kappa shape index (κ3) is 4.13. The van der Waals surface area contributed by atoms with Crippen molar-refractivity contribution in [1.82, 2.24) is 5.32 Å². The first-order chi connectivity index (χ1) is 8.58. The third-order valence-electron chi connectivity index (χ3n) is 2.97. The zero-order valence-corrected chi connectivity index (χ0v) is 10.9. The average Bonchev–Trinajstić information content (AvgIpc) is 2.37. The molecule has 0 aliphatic carbocycles. The molecule has 1 aromatic carbocycles. The lowest BCUT2D eigenvalue weighted by Gasteiger charge is -2.22. The van der Waals surface area contributed by atoms with Crippen molar-refractivity contribution in [1.29, 1.82) is 0 Å². The normalized spacial score (nSPS) is 14.2. The lowest BCUT2D eigenvalue weighted by molar-refractivity contribution is -0.138. The van der Waals surface area contributed by atoms with Gasteiger partial charge in [-0.25, -0.2) is 0 Å². The van der Waals surface area contributed by atoms with Gasteiger partial charge < -0.3 is 15.5 Å². The molecule has 1 aromatic rings. The fourth-order valence-corrected chi connectivity index (χ4v) is 1.93. The molecular weight excluding hydrogens is 230 g/mol. The molecule has 3 N–H and O–H groups in total. The number of nitrogens with one attached hydrogen (secondary N) is 1. The molecular formula is C14H21NO3. The summed E-state index contributed by atoms with van der Waals surface area (Å²) < 4.78 is 0. The lowest BCUT2D eigenvalue weighted by atomic mass is 9.98. The molecule has 2 unspecified atom stereocenters. The summed E-state index contributed by atoms with van der Waals surface area (Å²) in [6.45, 7) is 4.58. The summed E-state index contributed by atoms with van der Waals surface area (Å²) >= 11 is 0. The Bertz CT molecular complexity index is 375. The zero-order valence-electron chi connectivity index (χ0n) is 10.9. The Kier molecular flexibility index (Phi) is 5.82. The monoisotopic (exact) mass is 251 g/mol. The molecule has 100 valence electrons. The second-order valence-corrected chi connectivity index (χ2v) is 4.30. The van der Waals surface area contributed by atoms with Gasteiger partial charge in [-0.05, 0) is 24.1 Å².